The third kappa shape index (κ3) is 2.13. The van der Waals surface area contributed by atoms with Gasteiger partial charge >= 0.3 is 5.97 Å². The van der Waals surface area contributed by atoms with Crippen molar-refractivity contribution in [3.05, 3.63) is 47.0 Å². The first-order valence-corrected chi connectivity index (χ1v) is 5.19. The van der Waals surface area contributed by atoms with Gasteiger partial charge in [0.05, 0.1) is 6.42 Å². The number of hydrogen-bond donors (Lipinski definition) is 3. The standard InChI is InChI=1S/C12H11NO5/c13-12-10(17)9(16)11(18-12)7-3-1-2-6(4-7)5-8(14)15/h1-4,11,17H,5,13H2,(H,14,15). The Hall–Kier alpha value is -2.50. The molecule has 0 radical (unpaired) electrons. The van der Waals surface area contributed by atoms with Gasteiger partial charge in [0.15, 0.2) is 6.10 Å². The van der Waals surface area contributed by atoms with E-state index in [0.29, 0.717) is 11.1 Å². The van der Waals surface area contributed by atoms with Gasteiger partial charge in [-0.25, -0.2) is 0 Å². The molecule has 1 aliphatic heterocycles. The Balaban J connectivity index is 2.26. The van der Waals surface area contributed by atoms with Crippen LogP contribution in [0.5, 0.6) is 0 Å². The lowest BCUT2D eigenvalue weighted by Gasteiger charge is -2.10. The number of carboxylic acids is 1. The summed E-state index contributed by atoms with van der Waals surface area (Å²) in [7, 11) is 0. The molecule has 0 saturated heterocycles. The normalized spacial score (nSPS) is 18.9. The maximum absolute atomic E-state index is 11.6. The van der Waals surface area contributed by atoms with Crippen LogP contribution in [0, 0.1) is 0 Å². The fraction of sp³-hybridized carbons (Fsp3) is 0.167. The minimum Gasteiger partial charge on any atom is -0.501 e. The highest BCUT2D eigenvalue weighted by Crippen LogP contribution is 2.30. The van der Waals surface area contributed by atoms with Crippen molar-refractivity contribution in [2.45, 2.75) is 12.5 Å². The van der Waals surface area contributed by atoms with Crippen LogP contribution in [0.4, 0.5) is 0 Å². The van der Waals surface area contributed by atoms with Crippen LogP contribution in [0.25, 0.3) is 0 Å². The number of carbonyl (C=O) groups excluding carboxylic acids is 1. The van der Waals surface area contributed by atoms with Gasteiger partial charge < -0.3 is 20.7 Å². The summed E-state index contributed by atoms with van der Waals surface area (Å²) < 4.78 is 5.04. The van der Waals surface area contributed by atoms with Gasteiger partial charge in [-0.1, -0.05) is 24.3 Å². The second-order valence-electron chi connectivity index (χ2n) is 3.89. The van der Waals surface area contributed by atoms with Gasteiger partial charge in [-0.3, -0.25) is 9.59 Å². The summed E-state index contributed by atoms with van der Waals surface area (Å²) in [5.74, 6) is -2.50. The molecule has 18 heavy (non-hydrogen) atoms. The van der Waals surface area contributed by atoms with Crippen LogP contribution < -0.4 is 5.73 Å². The molecule has 0 saturated carbocycles. The van der Waals surface area contributed by atoms with Crippen LogP contribution in [-0.2, 0) is 20.7 Å². The zero-order valence-corrected chi connectivity index (χ0v) is 9.29. The molecule has 2 rings (SSSR count). The molecule has 1 heterocycles. The van der Waals surface area contributed by atoms with Crippen LogP contribution in [-0.4, -0.2) is 22.0 Å². The van der Waals surface area contributed by atoms with Gasteiger partial charge in [-0.05, 0) is 5.56 Å². The van der Waals surface area contributed by atoms with Crippen LogP contribution in [0.3, 0.4) is 0 Å². The van der Waals surface area contributed by atoms with E-state index in [4.69, 9.17) is 15.6 Å². The number of ether oxygens (including phenoxy) is 1. The lowest BCUT2D eigenvalue weighted by atomic mass is 10.0. The molecule has 0 fully saturated rings. The number of aliphatic carboxylic acids is 1. The minimum atomic E-state index is -1.00. The van der Waals surface area contributed by atoms with E-state index in [1.807, 2.05) is 0 Å². The van der Waals surface area contributed by atoms with Crippen molar-refractivity contribution in [1.29, 1.82) is 0 Å². The molecule has 4 N–H and O–H groups in total. The number of carbonyl (C=O) groups is 2. The van der Waals surface area contributed by atoms with Crippen molar-refractivity contribution in [1.82, 2.24) is 0 Å². The second kappa shape index (κ2) is 4.40. The van der Waals surface area contributed by atoms with E-state index in [1.54, 1.807) is 24.3 Å². The number of Topliss-reactive ketones (excluding diaryl/α,β-unsaturated/α-hetero) is 1. The van der Waals surface area contributed by atoms with Crippen molar-refractivity contribution >= 4 is 11.8 Å². The van der Waals surface area contributed by atoms with Gasteiger partial charge in [0.1, 0.15) is 0 Å². The average molecular weight is 249 g/mol. The molecule has 0 aliphatic carbocycles. The third-order valence-electron chi connectivity index (χ3n) is 2.56. The Kier molecular flexibility index (Phi) is 2.93. The first kappa shape index (κ1) is 12.0. The third-order valence-corrected chi connectivity index (χ3v) is 2.56. The van der Waals surface area contributed by atoms with E-state index < -0.39 is 23.6 Å². The molecule has 0 spiro atoms. The van der Waals surface area contributed by atoms with Gasteiger partial charge in [0.2, 0.25) is 17.4 Å². The van der Waals surface area contributed by atoms with E-state index >= 15 is 0 Å². The first-order valence-electron chi connectivity index (χ1n) is 5.19. The summed E-state index contributed by atoms with van der Waals surface area (Å²) in [4.78, 5) is 22.2. The quantitative estimate of drug-likeness (QED) is 0.725. The maximum atomic E-state index is 11.6. The molecule has 1 unspecified atom stereocenters. The zero-order valence-electron chi connectivity index (χ0n) is 9.29. The fourth-order valence-corrected chi connectivity index (χ4v) is 1.74. The van der Waals surface area contributed by atoms with Crippen molar-refractivity contribution in [2.75, 3.05) is 0 Å². The molecule has 6 nitrogen and oxygen atoms in total. The number of hydrogen-bond acceptors (Lipinski definition) is 5. The van der Waals surface area contributed by atoms with Crippen molar-refractivity contribution in [3.8, 4) is 0 Å². The van der Waals surface area contributed by atoms with Crippen LogP contribution in [0.15, 0.2) is 35.9 Å². The van der Waals surface area contributed by atoms with Crippen LogP contribution >= 0.6 is 0 Å². The van der Waals surface area contributed by atoms with E-state index in [-0.39, 0.29) is 12.3 Å². The summed E-state index contributed by atoms with van der Waals surface area (Å²) in [5, 5.41) is 18.0. The number of nitrogens with two attached hydrogens (primary N) is 1. The van der Waals surface area contributed by atoms with Gasteiger partial charge in [0.25, 0.3) is 0 Å². The Morgan fingerprint density at radius 2 is 2.17 bits per heavy atom. The molecule has 1 aromatic rings. The number of ketones is 1. The molecule has 1 aromatic carbocycles. The van der Waals surface area contributed by atoms with Crippen molar-refractivity contribution in [2.24, 2.45) is 5.73 Å². The van der Waals surface area contributed by atoms with E-state index in [0.717, 1.165) is 0 Å². The lowest BCUT2D eigenvalue weighted by molar-refractivity contribution is -0.136. The SMILES string of the molecule is NC1=C(O)C(=O)C(c2cccc(CC(=O)O)c2)O1. The predicted octanol–water partition coefficient (Wildman–Crippen LogP) is 0.640. The largest absolute Gasteiger partial charge is 0.501 e. The summed E-state index contributed by atoms with van der Waals surface area (Å²) in [5.41, 5.74) is 6.31. The Bertz CT molecular complexity index is 549. The number of benzene rings is 1. The molecule has 0 aromatic heterocycles. The molecular weight excluding hydrogens is 238 g/mol. The molecular formula is C12H11NO5. The topological polar surface area (TPSA) is 110 Å². The van der Waals surface area contributed by atoms with Gasteiger partial charge in [0, 0.05) is 5.56 Å². The Labute approximate surface area is 102 Å². The number of aliphatic hydroxyl groups is 1. The van der Waals surface area contributed by atoms with E-state index in [9.17, 15) is 14.7 Å². The minimum absolute atomic E-state index is 0.149. The highest BCUT2D eigenvalue weighted by molar-refractivity contribution is 5.99. The monoisotopic (exact) mass is 249 g/mol. The summed E-state index contributed by atoms with van der Waals surface area (Å²) in [6.07, 6.45) is -1.15. The number of aliphatic hydroxyl groups excluding tert-OH is 1. The van der Waals surface area contributed by atoms with E-state index in [1.165, 1.54) is 0 Å². The first-order chi connectivity index (χ1) is 8.49. The molecule has 0 amide bonds. The van der Waals surface area contributed by atoms with Crippen molar-refractivity contribution < 1.29 is 24.5 Å². The summed E-state index contributed by atoms with van der Waals surface area (Å²) in [6.45, 7) is 0. The summed E-state index contributed by atoms with van der Waals surface area (Å²) >= 11 is 0. The average Bonchev–Trinajstić information content (AvgIpc) is 2.56. The van der Waals surface area contributed by atoms with Crippen LogP contribution in [0.1, 0.15) is 17.2 Å². The van der Waals surface area contributed by atoms with Crippen molar-refractivity contribution in [3.63, 3.8) is 0 Å². The number of rotatable bonds is 3. The number of carboxylic acid groups (broad SMARTS) is 1. The van der Waals surface area contributed by atoms with Gasteiger partial charge in [-0.2, -0.15) is 0 Å². The molecule has 0 bridgehead atoms. The predicted molar refractivity (Wildman–Crippen MR) is 60.5 cm³/mol. The van der Waals surface area contributed by atoms with Crippen LogP contribution in [0.2, 0.25) is 0 Å². The zero-order chi connectivity index (χ0) is 13.3. The molecule has 1 aliphatic rings. The van der Waals surface area contributed by atoms with E-state index in [2.05, 4.69) is 0 Å². The molecule has 1 atom stereocenters. The van der Waals surface area contributed by atoms with Gasteiger partial charge in [-0.15, -0.1) is 0 Å². The molecule has 94 valence electrons. The fourth-order valence-electron chi connectivity index (χ4n) is 1.74. The Morgan fingerprint density at radius 3 is 2.72 bits per heavy atom. The Morgan fingerprint density at radius 1 is 1.44 bits per heavy atom. The second-order valence-corrected chi connectivity index (χ2v) is 3.89. The maximum Gasteiger partial charge on any atom is 0.307 e. The highest BCUT2D eigenvalue weighted by atomic mass is 16.5. The highest BCUT2D eigenvalue weighted by Gasteiger charge is 2.35. The summed E-state index contributed by atoms with van der Waals surface area (Å²) in [6, 6.07) is 6.41. The smallest absolute Gasteiger partial charge is 0.307 e. The lowest BCUT2D eigenvalue weighted by Crippen LogP contribution is -2.10. The molecule has 6 heteroatoms.